The van der Waals surface area contributed by atoms with Crippen molar-refractivity contribution in [2.24, 2.45) is 0 Å². The highest BCUT2D eigenvalue weighted by Crippen LogP contribution is 2.54. The number of hydrogen-bond donors (Lipinski definition) is 0. The van der Waals surface area contributed by atoms with Crippen LogP contribution in [0.2, 0.25) is 0 Å². The SMILES string of the molecule is Cc1cc(C)c2c3c(c(-c4ccccc4)nc2c1)C1CCC3CC1. The van der Waals surface area contributed by atoms with Crippen LogP contribution in [0.15, 0.2) is 42.5 Å². The van der Waals surface area contributed by atoms with E-state index in [1.807, 2.05) is 0 Å². The van der Waals surface area contributed by atoms with Crippen LogP contribution >= 0.6 is 0 Å². The van der Waals surface area contributed by atoms with Crippen LogP contribution in [0.4, 0.5) is 0 Å². The number of hydrogen-bond acceptors (Lipinski definition) is 1. The van der Waals surface area contributed by atoms with Crippen molar-refractivity contribution < 1.29 is 0 Å². The quantitative estimate of drug-likeness (QED) is 0.515. The smallest absolute Gasteiger partial charge is 0.0747 e. The zero-order chi connectivity index (χ0) is 16.3. The molecule has 0 spiro atoms. The van der Waals surface area contributed by atoms with Crippen LogP contribution in [-0.4, -0.2) is 4.98 Å². The number of benzene rings is 2. The summed E-state index contributed by atoms with van der Waals surface area (Å²) in [5, 5.41) is 1.45. The number of aryl methyl sites for hydroxylation is 2. The molecule has 0 saturated heterocycles. The third-order valence-electron chi connectivity index (χ3n) is 6.10. The molecular weight excluding hydrogens is 290 g/mol. The van der Waals surface area contributed by atoms with Crippen LogP contribution in [-0.2, 0) is 0 Å². The van der Waals surface area contributed by atoms with Gasteiger partial charge in [0.1, 0.15) is 0 Å². The zero-order valence-electron chi connectivity index (χ0n) is 14.5. The fraction of sp³-hybridized carbons (Fsp3) is 0.348. The molecule has 0 atom stereocenters. The summed E-state index contributed by atoms with van der Waals surface area (Å²) in [5.74, 6) is 1.44. The lowest BCUT2D eigenvalue weighted by molar-refractivity contribution is 0.361. The van der Waals surface area contributed by atoms with Crippen LogP contribution in [0.5, 0.6) is 0 Å². The molecule has 3 aliphatic rings. The second kappa shape index (κ2) is 5.17. The van der Waals surface area contributed by atoms with Gasteiger partial charge in [-0.25, -0.2) is 4.98 Å². The van der Waals surface area contributed by atoms with E-state index in [4.69, 9.17) is 4.98 Å². The highest BCUT2D eigenvalue weighted by atomic mass is 14.7. The molecule has 0 aliphatic heterocycles. The molecule has 1 heterocycles. The largest absolute Gasteiger partial charge is 0.247 e. The topological polar surface area (TPSA) is 12.9 Å². The van der Waals surface area contributed by atoms with E-state index < -0.39 is 0 Å². The van der Waals surface area contributed by atoms with E-state index in [9.17, 15) is 0 Å². The van der Waals surface area contributed by atoms with Crippen LogP contribution < -0.4 is 0 Å². The summed E-state index contributed by atoms with van der Waals surface area (Å²) in [4.78, 5) is 5.20. The molecule has 0 unspecified atom stereocenters. The van der Waals surface area contributed by atoms with Crippen LogP contribution in [0.3, 0.4) is 0 Å². The van der Waals surface area contributed by atoms with E-state index in [0.29, 0.717) is 5.92 Å². The first kappa shape index (κ1) is 14.2. The van der Waals surface area contributed by atoms with Crippen molar-refractivity contribution in [3.05, 3.63) is 64.7 Å². The summed E-state index contributed by atoms with van der Waals surface area (Å²) < 4.78 is 0. The molecule has 2 bridgehead atoms. The maximum atomic E-state index is 5.20. The van der Waals surface area contributed by atoms with Gasteiger partial charge in [0.2, 0.25) is 0 Å². The summed E-state index contributed by atoms with van der Waals surface area (Å²) in [5.41, 5.74) is 9.65. The van der Waals surface area contributed by atoms with Crippen LogP contribution in [0.1, 0.15) is 59.8 Å². The van der Waals surface area contributed by atoms with E-state index in [2.05, 4.69) is 56.3 Å². The molecule has 120 valence electrons. The minimum atomic E-state index is 0.706. The Balaban J connectivity index is 1.93. The molecule has 0 amide bonds. The molecule has 3 aliphatic carbocycles. The van der Waals surface area contributed by atoms with Crippen LogP contribution in [0, 0.1) is 13.8 Å². The van der Waals surface area contributed by atoms with Gasteiger partial charge in [-0.2, -0.15) is 0 Å². The lowest BCUT2D eigenvalue weighted by Gasteiger charge is -2.40. The van der Waals surface area contributed by atoms with Crippen molar-refractivity contribution in [2.75, 3.05) is 0 Å². The lowest BCUT2D eigenvalue weighted by Crippen LogP contribution is -2.23. The zero-order valence-corrected chi connectivity index (χ0v) is 14.5. The van der Waals surface area contributed by atoms with Gasteiger partial charge in [0.25, 0.3) is 0 Å². The van der Waals surface area contributed by atoms with Gasteiger partial charge < -0.3 is 0 Å². The monoisotopic (exact) mass is 313 g/mol. The Bertz CT molecular complexity index is 931. The Morgan fingerprint density at radius 3 is 2.21 bits per heavy atom. The molecule has 24 heavy (non-hydrogen) atoms. The molecule has 1 saturated carbocycles. The van der Waals surface area contributed by atoms with Gasteiger partial charge in [0.15, 0.2) is 0 Å². The summed E-state index contributed by atoms with van der Waals surface area (Å²) >= 11 is 0. The van der Waals surface area contributed by atoms with E-state index in [-0.39, 0.29) is 0 Å². The van der Waals surface area contributed by atoms with Gasteiger partial charge in [-0.05, 0) is 79.7 Å². The minimum Gasteiger partial charge on any atom is -0.247 e. The van der Waals surface area contributed by atoms with Crippen molar-refractivity contribution in [1.82, 2.24) is 4.98 Å². The maximum absolute atomic E-state index is 5.20. The highest BCUT2D eigenvalue weighted by molar-refractivity contribution is 5.91. The molecule has 1 nitrogen and oxygen atoms in total. The lowest BCUT2D eigenvalue weighted by atomic mass is 9.65. The molecule has 0 N–H and O–H groups in total. The first-order valence-electron chi connectivity index (χ1n) is 9.22. The molecule has 1 aromatic heterocycles. The Kier molecular flexibility index (Phi) is 3.06. The molecule has 0 radical (unpaired) electrons. The van der Waals surface area contributed by atoms with Gasteiger partial charge in [0.05, 0.1) is 11.2 Å². The average Bonchev–Trinajstić information content (AvgIpc) is 2.62. The van der Waals surface area contributed by atoms with Crippen molar-refractivity contribution in [1.29, 1.82) is 0 Å². The number of pyridine rings is 1. The molecule has 3 aromatic rings. The van der Waals surface area contributed by atoms with Crippen molar-refractivity contribution in [3.8, 4) is 11.3 Å². The molecule has 6 rings (SSSR count). The minimum absolute atomic E-state index is 0.706. The second-order valence-electron chi connectivity index (χ2n) is 7.68. The van der Waals surface area contributed by atoms with Crippen LogP contribution in [0.25, 0.3) is 22.2 Å². The first-order valence-corrected chi connectivity index (χ1v) is 9.22. The van der Waals surface area contributed by atoms with Gasteiger partial charge >= 0.3 is 0 Å². The second-order valence-corrected chi connectivity index (χ2v) is 7.68. The summed E-state index contributed by atoms with van der Waals surface area (Å²) in [6.45, 7) is 4.45. The Hall–Kier alpha value is -2.15. The summed E-state index contributed by atoms with van der Waals surface area (Å²) in [7, 11) is 0. The number of nitrogens with zero attached hydrogens (tertiary/aromatic N) is 1. The van der Waals surface area contributed by atoms with Crippen molar-refractivity contribution >= 4 is 10.9 Å². The molecule has 1 fully saturated rings. The Labute approximate surface area is 143 Å². The van der Waals surface area contributed by atoms with Gasteiger partial charge in [-0.3, -0.25) is 0 Å². The van der Waals surface area contributed by atoms with E-state index in [1.165, 1.54) is 59.0 Å². The predicted molar refractivity (Wildman–Crippen MR) is 101 cm³/mol. The van der Waals surface area contributed by atoms with E-state index in [0.717, 1.165) is 5.92 Å². The predicted octanol–water partition coefficient (Wildman–Crippen LogP) is 6.27. The highest BCUT2D eigenvalue weighted by Gasteiger charge is 2.37. The first-order chi connectivity index (χ1) is 11.7. The van der Waals surface area contributed by atoms with Gasteiger partial charge in [-0.1, -0.05) is 36.4 Å². The summed E-state index contributed by atoms with van der Waals surface area (Å²) in [6.07, 6.45) is 5.40. The summed E-state index contributed by atoms with van der Waals surface area (Å²) in [6, 6.07) is 15.4. The van der Waals surface area contributed by atoms with Crippen molar-refractivity contribution in [3.63, 3.8) is 0 Å². The van der Waals surface area contributed by atoms with Gasteiger partial charge in [0, 0.05) is 10.9 Å². The van der Waals surface area contributed by atoms with E-state index in [1.54, 1.807) is 11.1 Å². The number of fused-ring (bicyclic) bond motifs is 3. The normalized spacial score (nSPS) is 21.9. The number of aromatic nitrogens is 1. The maximum Gasteiger partial charge on any atom is 0.0747 e. The third kappa shape index (κ3) is 1.97. The Morgan fingerprint density at radius 1 is 0.833 bits per heavy atom. The average molecular weight is 313 g/mol. The third-order valence-corrected chi connectivity index (χ3v) is 6.10. The fourth-order valence-electron chi connectivity index (χ4n) is 5.15. The molecular formula is C23H23N. The Morgan fingerprint density at radius 2 is 1.50 bits per heavy atom. The fourth-order valence-corrected chi connectivity index (χ4v) is 5.15. The number of rotatable bonds is 1. The van der Waals surface area contributed by atoms with Gasteiger partial charge in [-0.15, -0.1) is 0 Å². The standard InChI is InChI=1S/C23H23N/c1-14-12-15(2)20-19(13-14)24-23(18-6-4-3-5-7-18)22-17-10-8-16(9-11-17)21(20)22/h3-7,12-13,16-17H,8-11H2,1-2H3. The van der Waals surface area contributed by atoms with Crippen molar-refractivity contribution in [2.45, 2.75) is 51.4 Å². The van der Waals surface area contributed by atoms with E-state index >= 15 is 0 Å². The molecule has 2 aromatic carbocycles. The molecule has 1 heteroatoms.